The number of methoxy groups -OCH3 is 2. The van der Waals surface area contributed by atoms with Crippen LogP contribution in [0.5, 0.6) is 11.5 Å². The van der Waals surface area contributed by atoms with Crippen LogP contribution in [0.1, 0.15) is 23.5 Å². The van der Waals surface area contributed by atoms with E-state index in [1.54, 1.807) is 13.0 Å². The van der Waals surface area contributed by atoms with E-state index >= 15 is 0 Å². The number of benzene rings is 2. The van der Waals surface area contributed by atoms with E-state index in [2.05, 4.69) is 15.3 Å². The van der Waals surface area contributed by atoms with Crippen molar-refractivity contribution in [1.82, 2.24) is 9.97 Å². The van der Waals surface area contributed by atoms with Crippen molar-refractivity contribution in [3.05, 3.63) is 77.1 Å². The highest BCUT2D eigenvalue weighted by atomic mass is 19.2. The van der Waals surface area contributed by atoms with Crippen LogP contribution in [0.15, 0.2) is 42.6 Å². The Morgan fingerprint density at radius 3 is 2.66 bits per heavy atom. The molecule has 1 aliphatic carbocycles. The van der Waals surface area contributed by atoms with Gasteiger partial charge in [0.25, 0.3) is 0 Å². The van der Waals surface area contributed by atoms with Gasteiger partial charge < -0.3 is 19.5 Å². The van der Waals surface area contributed by atoms with Crippen molar-refractivity contribution in [2.24, 2.45) is 5.92 Å². The number of nitrogens with one attached hydrogen (secondary N) is 1. The quantitative estimate of drug-likeness (QED) is 0.484. The maximum absolute atomic E-state index is 14.4. The molecule has 0 saturated heterocycles. The van der Waals surface area contributed by atoms with Crippen LogP contribution in [0, 0.1) is 30.3 Å². The lowest BCUT2D eigenvalue weighted by Crippen LogP contribution is -2.27. The van der Waals surface area contributed by atoms with Crippen LogP contribution in [0.3, 0.4) is 0 Å². The van der Waals surface area contributed by atoms with Crippen LogP contribution in [0.4, 0.5) is 18.9 Å². The van der Waals surface area contributed by atoms with E-state index in [1.165, 1.54) is 38.6 Å². The number of rotatable bonds is 9. The van der Waals surface area contributed by atoms with Gasteiger partial charge in [-0.15, -0.1) is 0 Å². The van der Waals surface area contributed by atoms with Gasteiger partial charge in [0.2, 0.25) is 5.91 Å². The van der Waals surface area contributed by atoms with Crippen molar-refractivity contribution >= 4 is 11.6 Å². The molecule has 184 valence electrons. The van der Waals surface area contributed by atoms with Gasteiger partial charge in [0.1, 0.15) is 23.1 Å². The summed E-state index contributed by atoms with van der Waals surface area (Å²) < 4.78 is 57.7. The number of hydrogen-bond acceptors (Lipinski definition) is 6. The molecule has 2 atom stereocenters. The van der Waals surface area contributed by atoms with Crippen molar-refractivity contribution < 1.29 is 32.2 Å². The van der Waals surface area contributed by atoms with Gasteiger partial charge in [-0.1, -0.05) is 0 Å². The average molecular weight is 487 g/mol. The summed E-state index contributed by atoms with van der Waals surface area (Å²) in [6.07, 6.45) is 1.86. The molecule has 10 heteroatoms. The Labute approximate surface area is 200 Å². The van der Waals surface area contributed by atoms with E-state index < -0.39 is 34.7 Å². The lowest BCUT2D eigenvalue weighted by atomic mass is 9.93. The Morgan fingerprint density at radius 1 is 1.14 bits per heavy atom. The minimum absolute atomic E-state index is 0.0125. The predicted molar refractivity (Wildman–Crippen MR) is 121 cm³/mol. The maximum atomic E-state index is 14.4. The van der Waals surface area contributed by atoms with Gasteiger partial charge in [-0.25, -0.2) is 23.1 Å². The first-order chi connectivity index (χ1) is 16.8. The molecule has 2 unspecified atom stereocenters. The summed E-state index contributed by atoms with van der Waals surface area (Å²) in [5.41, 5.74) is 0.270. The van der Waals surface area contributed by atoms with Crippen molar-refractivity contribution in [3.63, 3.8) is 0 Å². The fourth-order valence-corrected chi connectivity index (χ4v) is 4.06. The zero-order valence-electron chi connectivity index (χ0n) is 19.4. The van der Waals surface area contributed by atoms with Gasteiger partial charge in [-0.3, -0.25) is 4.79 Å². The first-order valence-corrected chi connectivity index (χ1v) is 10.8. The molecule has 1 saturated carbocycles. The molecule has 4 rings (SSSR count). The minimum Gasteiger partial charge on any atom is -0.497 e. The van der Waals surface area contributed by atoms with Crippen molar-refractivity contribution in [3.8, 4) is 11.5 Å². The van der Waals surface area contributed by atoms with Crippen LogP contribution < -0.4 is 14.8 Å². The predicted octanol–water partition coefficient (Wildman–Crippen LogP) is 4.33. The van der Waals surface area contributed by atoms with Crippen LogP contribution >= 0.6 is 0 Å². The number of anilines is 1. The fourth-order valence-electron chi connectivity index (χ4n) is 4.06. The Hall–Kier alpha value is -3.66. The number of nitrogens with zero attached hydrogens (tertiary/aromatic N) is 2. The van der Waals surface area contributed by atoms with E-state index in [0.717, 1.165) is 12.1 Å². The molecule has 0 aliphatic heterocycles. The number of amides is 1. The zero-order valence-corrected chi connectivity index (χ0v) is 19.4. The summed E-state index contributed by atoms with van der Waals surface area (Å²) >= 11 is 0. The van der Waals surface area contributed by atoms with E-state index in [1.807, 2.05) is 0 Å². The molecule has 35 heavy (non-hydrogen) atoms. The third-order valence-corrected chi connectivity index (χ3v) is 5.98. The van der Waals surface area contributed by atoms with Crippen LogP contribution in [0.25, 0.3) is 0 Å². The molecule has 1 N–H and O–H groups in total. The molecular formula is C25H24F3N3O4. The second-order valence-corrected chi connectivity index (χ2v) is 8.36. The summed E-state index contributed by atoms with van der Waals surface area (Å²) in [6.45, 7) is 1.95. The molecule has 0 bridgehead atoms. The van der Waals surface area contributed by atoms with E-state index in [0.29, 0.717) is 35.0 Å². The van der Waals surface area contributed by atoms with E-state index in [9.17, 15) is 18.0 Å². The van der Waals surface area contributed by atoms with Gasteiger partial charge in [-0.2, -0.15) is 0 Å². The second kappa shape index (κ2) is 9.91. The lowest BCUT2D eigenvalue weighted by molar-refractivity contribution is -0.117. The Kier molecular flexibility index (Phi) is 6.93. The normalized spacial score (nSPS) is 18.7. The average Bonchev–Trinajstić information content (AvgIpc) is 3.57. The Morgan fingerprint density at radius 2 is 1.94 bits per heavy atom. The molecule has 3 aromatic rings. The van der Waals surface area contributed by atoms with Crippen LogP contribution in [-0.4, -0.2) is 36.7 Å². The SMILES string of the molecule is COCc1nc(C)ncc1OCC1(c2cc(F)cc(OC)c2)CC1C(=O)Nc1ccc(F)c(F)c1. The lowest BCUT2D eigenvalue weighted by Gasteiger charge is -2.21. The topological polar surface area (TPSA) is 82.6 Å². The van der Waals surface area contributed by atoms with Gasteiger partial charge >= 0.3 is 0 Å². The summed E-state index contributed by atoms with van der Waals surface area (Å²) in [4.78, 5) is 21.6. The first-order valence-electron chi connectivity index (χ1n) is 10.8. The highest BCUT2D eigenvalue weighted by Gasteiger charge is 2.60. The molecule has 1 fully saturated rings. The number of aryl methyl sites for hydroxylation is 1. The first kappa shape index (κ1) is 24.5. The molecule has 1 amide bonds. The summed E-state index contributed by atoms with van der Waals surface area (Å²) in [5.74, 6) is -2.45. The largest absolute Gasteiger partial charge is 0.497 e. The Balaban J connectivity index is 1.62. The number of hydrogen-bond donors (Lipinski definition) is 1. The molecule has 2 aromatic carbocycles. The number of carbonyl (C=O) groups is 1. The zero-order chi connectivity index (χ0) is 25.2. The molecular weight excluding hydrogens is 463 g/mol. The van der Waals surface area contributed by atoms with E-state index in [4.69, 9.17) is 14.2 Å². The third-order valence-electron chi connectivity index (χ3n) is 5.98. The standard InChI is InChI=1S/C25H24F3N3O4/c1-14-29-11-23(22(30-14)12-33-2)35-13-25(15-6-16(26)8-18(7-15)34-3)10-19(25)24(32)31-17-4-5-20(27)21(28)9-17/h4-9,11,19H,10,12-13H2,1-3H3,(H,31,32). The number of carbonyl (C=O) groups excluding carboxylic acids is 1. The van der Waals surface area contributed by atoms with Crippen molar-refractivity contribution in [2.75, 3.05) is 26.1 Å². The summed E-state index contributed by atoms with van der Waals surface area (Å²) in [5, 5.41) is 2.61. The highest BCUT2D eigenvalue weighted by Crippen LogP contribution is 2.55. The maximum Gasteiger partial charge on any atom is 0.228 e. The second-order valence-electron chi connectivity index (χ2n) is 8.36. The molecule has 7 nitrogen and oxygen atoms in total. The van der Waals surface area contributed by atoms with Crippen LogP contribution in [0.2, 0.25) is 0 Å². The van der Waals surface area contributed by atoms with Crippen LogP contribution in [-0.2, 0) is 21.6 Å². The van der Waals surface area contributed by atoms with Crippen molar-refractivity contribution in [2.45, 2.75) is 25.4 Å². The fraction of sp³-hybridized carbons (Fsp3) is 0.320. The summed E-state index contributed by atoms with van der Waals surface area (Å²) in [6, 6.07) is 7.32. The molecule has 1 aliphatic rings. The van der Waals surface area contributed by atoms with Crippen molar-refractivity contribution in [1.29, 1.82) is 0 Å². The summed E-state index contributed by atoms with van der Waals surface area (Å²) in [7, 11) is 2.95. The smallest absolute Gasteiger partial charge is 0.228 e. The van der Waals surface area contributed by atoms with Gasteiger partial charge in [0, 0.05) is 30.3 Å². The molecule has 0 radical (unpaired) electrons. The number of halogens is 3. The monoisotopic (exact) mass is 487 g/mol. The molecule has 1 aromatic heterocycles. The minimum atomic E-state index is -1.08. The Bertz CT molecular complexity index is 1260. The number of aromatic nitrogens is 2. The number of ether oxygens (including phenoxy) is 3. The van der Waals surface area contributed by atoms with Gasteiger partial charge in [0.15, 0.2) is 17.4 Å². The van der Waals surface area contributed by atoms with Gasteiger partial charge in [0.05, 0.1) is 32.4 Å². The van der Waals surface area contributed by atoms with E-state index in [-0.39, 0.29) is 18.9 Å². The van der Waals surface area contributed by atoms with Gasteiger partial charge in [-0.05, 0) is 43.2 Å². The third kappa shape index (κ3) is 5.22. The molecule has 1 heterocycles. The highest BCUT2D eigenvalue weighted by molar-refractivity contribution is 5.96. The molecule has 0 spiro atoms.